The fourth-order valence-corrected chi connectivity index (χ4v) is 5.42. The van der Waals surface area contributed by atoms with E-state index in [2.05, 4.69) is 5.32 Å². The Balaban J connectivity index is 1.75. The van der Waals surface area contributed by atoms with Crippen LogP contribution < -0.4 is 5.32 Å². The van der Waals surface area contributed by atoms with Crippen molar-refractivity contribution < 1.29 is 17.9 Å². The SMILES string of the molecule is Cc1sc(C(=O)NC2CC3CCC2O3)cc1S(=O)(=O)Cl. The smallest absolute Gasteiger partial charge is 0.262 e. The van der Waals surface area contributed by atoms with Gasteiger partial charge in [0.25, 0.3) is 15.0 Å². The molecule has 1 N–H and O–H groups in total. The van der Waals surface area contributed by atoms with Gasteiger partial charge in [0.1, 0.15) is 0 Å². The van der Waals surface area contributed by atoms with Crippen LogP contribution in [0.5, 0.6) is 0 Å². The first-order valence-electron chi connectivity index (χ1n) is 6.36. The predicted octanol–water partition coefficient (Wildman–Crippen LogP) is 2.03. The van der Waals surface area contributed by atoms with Crippen molar-refractivity contribution in [2.75, 3.05) is 0 Å². The van der Waals surface area contributed by atoms with E-state index in [1.807, 2.05) is 0 Å². The molecule has 3 heterocycles. The van der Waals surface area contributed by atoms with Crippen LogP contribution in [-0.4, -0.2) is 32.6 Å². The number of carbonyl (C=O) groups is 1. The normalized spacial score (nSPS) is 28.8. The van der Waals surface area contributed by atoms with Crippen LogP contribution in [0.1, 0.15) is 33.8 Å². The molecule has 2 bridgehead atoms. The molecular weight excluding hydrogens is 322 g/mol. The highest BCUT2D eigenvalue weighted by Crippen LogP contribution is 2.35. The highest BCUT2D eigenvalue weighted by atomic mass is 35.7. The van der Waals surface area contributed by atoms with Crippen LogP contribution in [0.4, 0.5) is 0 Å². The second-order valence-electron chi connectivity index (χ2n) is 5.16. The molecule has 3 rings (SSSR count). The molecule has 3 atom stereocenters. The molecule has 0 aromatic carbocycles. The summed E-state index contributed by atoms with van der Waals surface area (Å²) in [5.41, 5.74) is 0. The number of ether oxygens (including phenoxy) is 1. The van der Waals surface area contributed by atoms with Gasteiger partial charge in [-0.15, -0.1) is 11.3 Å². The lowest BCUT2D eigenvalue weighted by atomic mass is 9.95. The first-order chi connectivity index (χ1) is 9.34. The molecular formula is C12H14ClNO4S2. The molecule has 3 unspecified atom stereocenters. The molecule has 0 spiro atoms. The lowest BCUT2D eigenvalue weighted by molar-refractivity contribution is 0.0843. The lowest BCUT2D eigenvalue weighted by Crippen LogP contribution is -2.41. The summed E-state index contributed by atoms with van der Waals surface area (Å²) in [4.78, 5) is 13.1. The van der Waals surface area contributed by atoms with E-state index in [9.17, 15) is 13.2 Å². The Kier molecular flexibility index (Phi) is 3.56. The van der Waals surface area contributed by atoms with E-state index >= 15 is 0 Å². The van der Waals surface area contributed by atoms with E-state index in [1.165, 1.54) is 6.07 Å². The predicted molar refractivity (Wildman–Crippen MR) is 75.9 cm³/mol. The van der Waals surface area contributed by atoms with Crippen LogP contribution in [0.3, 0.4) is 0 Å². The number of fused-ring (bicyclic) bond motifs is 2. The highest BCUT2D eigenvalue weighted by Gasteiger charge is 2.41. The van der Waals surface area contributed by atoms with Crippen molar-refractivity contribution >= 4 is 37.0 Å². The second kappa shape index (κ2) is 4.98. The molecule has 2 saturated heterocycles. The number of hydrogen-bond acceptors (Lipinski definition) is 5. The maximum absolute atomic E-state index is 12.2. The number of halogens is 1. The van der Waals surface area contributed by atoms with Crippen LogP contribution >= 0.6 is 22.0 Å². The fourth-order valence-electron chi connectivity index (χ4n) is 2.85. The van der Waals surface area contributed by atoms with Gasteiger partial charge in [-0.2, -0.15) is 0 Å². The average Bonchev–Trinajstić information content (AvgIpc) is 3.01. The van der Waals surface area contributed by atoms with E-state index in [0.717, 1.165) is 30.6 Å². The molecule has 110 valence electrons. The summed E-state index contributed by atoms with van der Waals surface area (Å²) >= 11 is 1.14. The minimum absolute atomic E-state index is 0.0125. The zero-order chi connectivity index (χ0) is 14.5. The molecule has 0 aliphatic carbocycles. The minimum atomic E-state index is -3.80. The lowest BCUT2D eigenvalue weighted by Gasteiger charge is -2.19. The number of thiophene rings is 1. The van der Waals surface area contributed by atoms with Crippen LogP contribution in [0.2, 0.25) is 0 Å². The molecule has 2 aliphatic rings. The van der Waals surface area contributed by atoms with Crippen LogP contribution in [0.15, 0.2) is 11.0 Å². The summed E-state index contributed by atoms with van der Waals surface area (Å²) in [6.45, 7) is 1.64. The van der Waals surface area contributed by atoms with Crippen molar-refractivity contribution in [3.05, 3.63) is 15.8 Å². The van der Waals surface area contributed by atoms with Crippen molar-refractivity contribution in [3.8, 4) is 0 Å². The van der Waals surface area contributed by atoms with Crippen molar-refractivity contribution in [1.82, 2.24) is 5.32 Å². The molecule has 2 aliphatic heterocycles. The molecule has 1 aromatic rings. The minimum Gasteiger partial charge on any atom is -0.373 e. The number of amides is 1. The maximum Gasteiger partial charge on any atom is 0.262 e. The fraction of sp³-hybridized carbons (Fsp3) is 0.583. The molecule has 1 amide bonds. The number of rotatable bonds is 3. The summed E-state index contributed by atoms with van der Waals surface area (Å²) < 4.78 is 28.4. The van der Waals surface area contributed by atoms with Crippen molar-refractivity contribution in [1.29, 1.82) is 0 Å². The second-order valence-corrected chi connectivity index (χ2v) is 8.95. The van der Waals surface area contributed by atoms with Gasteiger partial charge >= 0.3 is 0 Å². The zero-order valence-corrected chi connectivity index (χ0v) is 13.1. The molecule has 0 radical (unpaired) electrons. The molecule has 5 nitrogen and oxygen atoms in total. The third kappa shape index (κ3) is 2.59. The maximum atomic E-state index is 12.2. The Morgan fingerprint density at radius 3 is 2.75 bits per heavy atom. The Bertz CT molecular complexity index is 654. The molecule has 8 heteroatoms. The van der Waals surface area contributed by atoms with E-state index < -0.39 is 9.05 Å². The Morgan fingerprint density at radius 2 is 2.25 bits per heavy atom. The highest BCUT2D eigenvalue weighted by molar-refractivity contribution is 8.13. The van der Waals surface area contributed by atoms with Gasteiger partial charge in [0.2, 0.25) is 0 Å². The zero-order valence-electron chi connectivity index (χ0n) is 10.8. The van der Waals surface area contributed by atoms with Crippen molar-refractivity contribution in [3.63, 3.8) is 0 Å². The summed E-state index contributed by atoms with van der Waals surface area (Å²) in [5, 5.41) is 2.93. The van der Waals surface area contributed by atoms with Gasteiger partial charge in [-0.05, 0) is 32.3 Å². The van der Waals surface area contributed by atoms with Crippen LogP contribution in [-0.2, 0) is 13.8 Å². The molecule has 20 heavy (non-hydrogen) atoms. The monoisotopic (exact) mass is 335 g/mol. The van der Waals surface area contributed by atoms with Gasteiger partial charge in [0.05, 0.1) is 28.0 Å². The molecule has 2 fully saturated rings. The van der Waals surface area contributed by atoms with E-state index in [1.54, 1.807) is 6.92 Å². The third-order valence-corrected chi connectivity index (χ3v) is 6.41. The van der Waals surface area contributed by atoms with Gasteiger partial charge < -0.3 is 10.1 Å². The van der Waals surface area contributed by atoms with Gasteiger partial charge in [-0.3, -0.25) is 4.79 Å². The summed E-state index contributed by atoms with van der Waals surface area (Å²) in [6, 6.07) is 1.37. The van der Waals surface area contributed by atoms with Crippen molar-refractivity contribution in [2.45, 2.75) is 49.3 Å². The van der Waals surface area contributed by atoms with Crippen molar-refractivity contribution in [2.24, 2.45) is 0 Å². The topological polar surface area (TPSA) is 72.5 Å². The first-order valence-corrected chi connectivity index (χ1v) is 9.48. The third-order valence-electron chi connectivity index (χ3n) is 3.78. The van der Waals surface area contributed by atoms with E-state index in [0.29, 0.717) is 9.75 Å². The summed E-state index contributed by atoms with van der Waals surface area (Å²) in [5.74, 6) is -0.259. The summed E-state index contributed by atoms with van der Waals surface area (Å²) in [7, 11) is 1.53. The first kappa shape index (κ1) is 14.3. The molecule has 0 saturated carbocycles. The van der Waals surface area contributed by atoms with Gasteiger partial charge in [-0.1, -0.05) is 0 Å². The Hall–Kier alpha value is -0.630. The Morgan fingerprint density at radius 1 is 1.50 bits per heavy atom. The van der Waals surface area contributed by atoms with Crippen LogP contribution in [0, 0.1) is 6.92 Å². The molecule has 1 aromatic heterocycles. The number of hydrogen-bond donors (Lipinski definition) is 1. The van der Waals surface area contributed by atoms with E-state index in [-0.39, 0.29) is 29.1 Å². The van der Waals surface area contributed by atoms with Gasteiger partial charge in [-0.25, -0.2) is 8.42 Å². The van der Waals surface area contributed by atoms with Crippen LogP contribution in [0.25, 0.3) is 0 Å². The Labute approximate surface area is 125 Å². The van der Waals surface area contributed by atoms with Gasteiger partial charge in [0.15, 0.2) is 0 Å². The van der Waals surface area contributed by atoms with Gasteiger partial charge in [0, 0.05) is 15.6 Å². The number of nitrogens with one attached hydrogen (secondary N) is 1. The number of aryl methyl sites for hydroxylation is 1. The number of carbonyl (C=O) groups excluding carboxylic acids is 1. The quantitative estimate of drug-likeness (QED) is 0.858. The summed E-state index contributed by atoms with van der Waals surface area (Å²) in [6.07, 6.45) is 3.22. The average molecular weight is 336 g/mol. The standard InChI is InChI=1S/C12H14ClNO4S2/c1-6-11(20(13,16)17)5-10(19-6)12(15)14-8-4-7-2-3-9(8)18-7/h5,7-9H,2-4H2,1H3,(H,14,15). The van der Waals surface area contributed by atoms with E-state index in [4.69, 9.17) is 15.4 Å². The largest absolute Gasteiger partial charge is 0.373 e.